The number of esters is 3. The van der Waals surface area contributed by atoms with Crippen LogP contribution in [0.1, 0.15) is 258 Å². The fourth-order valence-corrected chi connectivity index (χ4v) is 7.36. The summed E-state index contributed by atoms with van der Waals surface area (Å²) < 4.78 is 16.8. The maximum atomic E-state index is 12.8. The monoisotopic (exact) mass is 893 g/mol. The van der Waals surface area contributed by atoms with Gasteiger partial charge in [0.05, 0.1) is 0 Å². The maximum absolute atomic E-state index is 12.8. The van der Waals surface area contributed by atoms with E-state index >= 15 is 0 Å². The highest BCUT2D eigenvalue weighted by atomic mass is 16.6. The van der Waals surface area contributed by atoms with Gasteiger partial charge in [0, 0.05) is 19.3 Å². The standard InChI is InChI=1S/C58H100O6/c1-4-7-10-13-16-19-22-25-28-31-33-36-39-42-45-48-51-57(60)63-54-55(64-58(61)52-49-46-43-40-37-34-30-27-24-21-18-15-12-9-6-3)53-62-56(59)50-47-44-41-38-35-32-29-26-23-20-17-14-11-8-5-2/h9,12,17-18,20-21,26-31,55H,4-8,10-11,13-16,19,22-25,32-54H2,1-3H3/b12-9-,20-17-,21-18-,29-26-,30-27-,31-28-. The van der Waals surface area contributed by atoms with Crippen molar-refractivity contribution in [3.8, 4) is 0 Å². The Kier molecular flexibility index (Phi) is 49.9. The lowest BCUT2D eigenvalue weighted by molar-refractivity contribution is -0.167. The summed E-state index contributed by atoms with van der Waals surface area (Å²) in [6.07, 6.45) is 65.9. The highest BCUT2D eigenvalue weighted by molar-refractivity contribution is 5.71. The normalized spacial score (nSPS) is 12.6. The second-order valence-corrected chi connectivity index (χ2v) is 17.7. The van der Waals surface area contributed by atoms with Gasteiger partial charge in [-0.15, -0.1) is 0 Å². The molecule has 6 nitrogen and oxygen atoms in total. The van der Waals surface area contributed by atoms with E-state index in [9.17, 15) is 14.4 Å². The zero-order chi connectivity index (χ0) is 46.5. The second-order valence-electron chi connectivity index (χ2n) is 17.7. The van der Waals surface area contributed by atoms with E-state index in [1.807, 2.05) is 0 Å². The van der Waals surface area contributed by atoms with Crippen LogP contribution in [-0.2, 0) is 28.6 Å². The molecule has 0 aromatic carbocycles. The third-order valence-corrected chi connectivity index (χ3v) is 11.4. The molecule has 0 heterocycles. The molecule has 64 heavy (non-hydrogen) atoms. The number of carbonyl (C=O) groups excluding carboxylic acids is 3. The van der Waals surface area contributed by atoms with Gasteiger partial charge in [0.1, 0.15) is 13.2 Å². The fraction of sp³-hybridized carbons (Fsp3) is 0.741. The molecule has 0 saturated carbocycles. The predicted molar refractivity (Wildman–Crippen MR) is 274 cm³/mol. The third-order valence-electron chi connectivity index (χ3n) is 11.4. The van der Waals surface area contributed by atoms with E-state index in [0.717, 1.165) is 128 Å². The summed E-state index contributed by atoms with van der Waals surface area (Å²) in [6, 6.07) is 0. The van der Waals surface area contributed by atoms with E-state index < -0.39 is 6.10 Å². The van der Waals surface area contributed by atoms with E-state index in [4.69, 9.17) is 14.2 Å². The number of hydrogen-bond donors (Lipinski definition) is 0. The first-order chi connectivity index (χ1) is 31.5. The molecule has 0 radical (unpaired) electrons. The molecule has 1 unspecified atom stereocenters. The van der Waals surface area contributed by atoms with Gasteiger partial charge in [-0.05, 0) is 109 Å². The Labute approximate surface area is 395 Å². The number of rotatable bonds is 48. The lowest BCUT2D eigenvalue weighted by Crippen LogP contribution is -2.30. The molecule has 0 amide bonds. The van der Waals surface area contributed by atoms with Crippen LogP contribution in [-0.4, -0.2) is 37.2 Å². The number of allylic oxidation sites excluding steroid dienone is 12. The van der Waals surface area contributed by atoms with Gasteiger partial charge in [0.2, 0.25) is 0 Å². The molecule has 0 rings (SSSR count). The quantitative estimate of drug-likeness (QED) is 0.0262. The van der Waals surface area contributed by atoms with Gasteiger partial charge in [-0.3, -0.25) is 14.4 Å². The molecule has 0 bridgehead atoms. The van der Waals surface area contributed by atoms with Gasteiger partial charge >= 0.3 is 17.9 Å². The van der Waals surface area contributed by atoms with Crippen molar-refractivity contribution < 1.29 is 28.6 Å². The van der Waals surface area contributed by atoms with Crippen molar-refractivity contribution in [1.82, 2.24) is 0 Å². The number of carbonyl (C=O) groups is 3. The molecule has 0 saturated heterocycles. The predicted octanol–water partition coefficient (Wildman–Crippen LogP) is 17.8. The smallest absolute Gasteiger partial charge is 0.306 e. The lowest BCUT2D eigenvalue weighted by atomic mass is 10.1. The lowest BCUT2D eigenvalue weighted by Gasteiger charge is -2.18. The molecular formula is C58H100O6. The molecule has 0 aromatic rings. The van der Waals surface area contributed by atoms with Gasteiger partial charge in [-0.25, -0.2) is 0 Å². The summed E-state index contributed by atoms with van der Waals surface area (Å²) in [4.78, 5) is 38.0. The molecular weight excluding hydrogens is 793 g/mol. The highest BCUT2D eigenvalue weighted by Crippen LogP contribution is 2.14. The average molecular weight is 893 g/mol. The van der Waals surface area contributed by atoms with Crippen molar-refractivity contribution in [3.05, 3.63) is 72.9 Å². The van der Waals surface area contributed by atoms with Crippen LogP contribution in [0.2, 0.25) is 0 Å². The van der Waals surface area contributed by atoms with E-state index in [1.54, 1.807) is 0 Å². The Hall–Kier alpha value is -3.15. The van der Waals surface area contributed by atoms with E-state index in [-0.39, 0.29) is 31.1 Å². The van der Waals surface area contributed by atoms with Gasteiger partial charge in [-0.2, -0.15) is 0 Å². The largest absolute Gasteiger partial charge is 0.462 e. The molecule has 0 spiro atoms. The number of ether oxygens (including phenoxy) is 3. The van der Waals surface area contributed by atoms with Crippen LogP contribution in [0.25, 0.3) is 0 Å². The summed E-state index contributed by atoms with van der Waals surface area (Å²) in [6.45, 7) is 6.47. The molecule has 0 aliphatic rings. The minimum atomic E-state index is -0.793. The molecule has 1 atom stereocenters. The Morgan fingerprint density at radius 2 is 0.609 bits per heavy atom. The molecule has 0 fully saturated rings. The Bertz CT molecular complexity index is 1210. The molecule has 0 N–H and O–H groups in total. The van der Waals surface area contributed by atoms with Gasteiger partial charge in [0.15, 0.2) is 6.10 Å². The van der Waals surface area contributed by atoms with Crippen LogP contribution in [0.3, 0.4) is 0 Å². The summed E-state index contributed by atoms with van der Waals surface area (Å²) in [5.74, 6) is -0.926. The van der Waals surface area contributed by atoms with Crippen molar-refractivity contribution in [2.45, 2.75) is 264 Å². The number of unbranched alkanes of at least 4 members (excludes halogenated alkanes) is 25. The van der Waals surface area contributed by atoms with E-state index in [2.05, 4.69) is 93.7 Å². The molecule has 0 aromatic heterocycles. The number of hydrogen-bond acceptors (Lipinski definition) is 6. The van der Waals surface area contributed by atoms with E-state index in [0.29, 0.717) is 19.3 Å². The summed E-state index contributed by atoms with van der Waals surface area (Å²) in [5.41, 5.74) is 0. The molecule has 368 valence electrons. The van der Waals surface area contributed by atoms with Crippen LogP contribution in [0.4, 0.5) is 0 Å². The topological polar surface area (TPSA) is 78.9 Å². The zero-order valence-corrected chi connectivity index (χ0v) is 42.0. The minimum absolute atomic E-state index is 0.0913. The van der Waals surface area contributed by atoms with Gasteiger partial charge in [0.25, 0.3) is 0 Å². The van der Waals surface area contributed by atoms with Crippen LogP contribution in [0.5, 0.6) is 0 Å². The molecule has 0 aliphatic heterocycles. The Balaban J connectivity index is 4.44. The van der Waals surface area contributed by atoms with Crippen molar-refractivity contribution in [2.24, 2.45) is 0 Å². The first-order valence-electron chi connectivity index (χ1n) is 26.9. The third kappa shape index (κ3) is 49.9. The first kappa shape index (κ1) is 60.9. The first-order valence-corrected chi connectivity index (χ1v) is 26.9. The van der Waals surface area contributed by atoms with Crippen molar-refractivity contribution in [1.29, 1.82) is 0 Å². The summed E-state index contributed by atoms with van der Waals surface area (Å²) in [7, 11) is 0. The van der Waals surface area contributed by atoms with Gasteiger partial charge in [-0.1, -0.05) is 203 Å². The van der Waals surface area contributed by atoms with Crippen LogP contribution in [0, 0.1) is 0 Å². The minimum Gasteiger partial charge on any atom is -0.462 e. The summed E-state index contributed by atoms with van der Waals surface area (Å²) in [5, 5.41) is 0. The van der Waals surface area contributed by atoms with E-state index in [1.165, 1.54) is 89.9 Å². The molecule has 6 heteroatoms. The summed E-state index contributed by atoms with van der Waals surface area (Å²) >= 11 is 0. The van der Waals surface area contributed by atoms with Gasteiger partial charge < -0.3 is 14.2 Å². The second kappa shape index (κ2) is 52.5. The zero-order valence-electron chi connectivity index (χ0n) is 42.0. The maximum Gasteiger partial charge on any atom is 0.306 e. The van der Waals surface area contributed by atoms with Crippen molar-refractivity contribution >= 4 is 17.9 Å². The van der Waals surface area contributed by atoms with Crippen LogP contribution < -0.4 is 0 Å². The average Bonchev–Trinajstić information content (AvgIpc) is 3.29. The van der Waals surface area contributed by atoms with Crippen LogP contribution >= 0.6 is 0 Å². The van der Waals surface area contributed by atoms with Crippen LogP contribution in [0.15, 0.2) is 72.9 Å². The Morgan fingerprint density at radius 3 is 1.00 bits per heavy atom. The Morgan fingerprint density at radius 1 is 0.328 bits per heavy atom. The fourth-order valence-electron chi connectivity index (χ4n) is 7.36. The highest BCUT2D eigenvalue weighted by Gasteiger charge is 2.19. The SMILES string of the molecule is CC/C=C\C/C=C\C/C=C\CCCCCCCC(=O)OC(COC(=O)CCCCCCC/C=C\C/C=C\CCCCC)COC(=O)CCCCCCC/C=C\CCCCCCCCC. The molecule has 0 aliphatic carbocycles. The van der Waals surface area contributed by atoms with Crippen molar-refractivity contribution in [2.75, 3.05) is 13.2 Å². The van der Waals surface area contributed by atoms with Crippen molar-refractivity contribution in [3.63, 3.8) is 0 Å².